The van der Waals surface area contributed by atoms with Crippen molar-refractivity contribution in [1.29, 1.82) is 0 Å². The molecule has 2 unspecified atom stereocenters. The van der Waals surface area contributed by atoms with Crippen LogP contribution in [0.4, 0.5) is 0 Å². The summed E-state index contributed by atoms with van der Waals surface area (Å²) in [7, 11) is 0. The Labute approximate surface area is 130 Å². The number of hydrogen-bond donors (Lipinski definition) is 4. The molecule has 1 fully saturated rings. The molecule has 0 amide bonds. The van der Waals surface area contributed by atoms with Crippen LogP contribution in [0.25, 0.3) is 0 Å². The van der Waals surface area contributed by atoms with E-state index in [-0.39, 0.29) is 25.0 Å². The Kier molecular flexibility index (Phi) is 8.27. The molecule has 0 aliphatic carbocycles. The van der Waals surface area contributed by atoms with Crippen LogP contribution in [0.15, 0.2) is 0 Å². The molecule has 0 aromatic heterocycles. The van der Waals surface area contributed by atoms with Gasteiger partial charge in [0.25, 0.3) is 0 Å². The van der Waals surface area contributed by atoms with Gasteiger partial charge in [-0.3, -0.25) is 4.79 Å². The largest absolute Gasteiger partial charge is 0.481 e. The minimum absolute atomic E-state index is 0.126. The smallest absolute Gasteiger partial charge is 0.305 e. The fourth-order valence-corrected chi connectivity index (χ4v) is 2.48. The number of unbranched alkanes of at least 4 members (excludes halogenated alkanes) is 1. The molecule has 6 atom stereocenters. The van der Waals surface area contributed by atoms with Gasteiger partial charge in [0.05, 0.1) is 30.8 Å². The zero-order chi connectivity index (χ0) is 16.7. The average Bonchev–Trinajstić information content (AvgIpc) is 2.40. The predicted octanol–water partition coefficient (Wildman–Crippen LogP) is 0.644. The molecule has 0 aromatic carbocycles. The summed E-state index contributed by atoms with van der Waals surface area (Å²) in [5, 5.41) is 37.4. The second-order valence-electron chi connectivity index (χ2n) is 6.06. The van der Waals surface area contributed by atoms with Gasteiger partial charge in [-0.15, -0.1) is 0 Å². The predicted molar refractivity (Wildman–Crippen MR) is 78.2 cm³/mol. The van der Waals surface area contributed by atoms with Crippen LogP contribution in [0.1, 0.15) is 52.4 Å². The molecular weight excluding hydrogens is 292 g/mol. The minimum atomic E-state index is -0.996. The first-order chi connectivity index (χ1) is 10.3. The number of carbonyl (C=O) groups is 1. The Hall–Kier alpha value is -0.730. The van der Waals surface area contributed by atoms with Gasteiger partial charge in [-0.1, -0.05) is 12.8 Å². The van der Waals surface area contributed by atoms with Crippen LogP contribution >= 0.6 is 0 Å². The van der Waals surface area contributed by atoms with E-state index in [4.69, 9.17) is 14.6 Å². The molecule has 1 rings (SSSR count). The first-order valence-corrected chi connectivity index (χ1v) is 7.86. The van der Waals surface area contributed by atoms with E-state index in [1.165, 1.54) is 0 Å². The molecule has 4 N–H and O–H groups in total. The highest BCUT2D eigenvalue weighted by molar-refractivity contribution is 5.67. The van der Waals surface area contributed by atoms with Crippen LogP contribution < -0.4 is 0 Å². The van der Waals surface area contributed by atoms with Gasteiger partial charge >= 0.3 is 5.97 Å². The van der Waals surface area contributed by atoms with Crippen molar-refractivity contribution < 1.29 is 34.7 Å². The first kappa shape index (κ1) is 19.3. The van der Waals surface area contributed by atoms with E-state index in [1.807, 2.05) is 6.92 Å². The standard InChI is InChI=1S/C15H28O7/c1-9(5-3-4-6-11(16)7-14(19)20)21-15-13(18)8-12(17)10(2)22-15/h9-13,15-18H,3-8H2,1-2H3,(H,19,20)/t9-,10?,11-,12-,13?,15-/m1/s1. The third-order valence-corrected chi connectivity index (χ3v) is 3.86. The van der Waals surface area contributed by atoms with Crippen LogP contribution in [0.5, 0.6) is 0 Å². The highest BCUT2D eigenvalue weighted by Gasteiger charge is 2.35. The lowest BCUT2D eigenvalue weighted by molar-refractivity contribution is -0.273. The second-order valence-corrected chi connectivity index (χ2v) is 6.06. The van der Waals surface area contributed by atoms with E-state index in [2.05, 4.69) is 0 Å². The molecule has 0 spiro atoms. The average molecular weight is 320 g/mol. The van der Waals surface area contributed by atoms with Gasteiger partial charge in [0.1, 0.15) is 6.10 Å². The summed E-state index contributed by atoms with van der Waals surface area (Å²) in [4.78, 5) is 10.4. The summed E-state index contributed by atoms with van der Waals surface area (Å²) in [6.45, 7) is 3.61. The maximum Gasteiger partial charge on any atom is 0.305 e. The minimum Gasteiger partial charge on any atom is -0.481 e. The van der Waals surface area contributed by atoms with E-state index in [9.17, 15) is 20.1 Å². The Balaban J connectivity index is 2.18. The molecule has 130 valence electrons. The van der Waals surface area contributed by atoms with Crippen LogP contribution in [0.3, 0.4) is 0 Å². The fraction of sp³-hybridized carbons (Fsp3) is 0.933. The molecular formula is C15H28O7. The van der Waals surface area contributed by atoms with Crippen molar-refractivity contribution >= 4 is 5.97 Å². The highest BCUT2D eigenvalue weighted by Crippen LogP contribution is 2.23. The van der Waals surface area contributed by atoms with Crippen molar-refractivity contribution in [2.45, 2.75) is 89.2 Å². The molecule has 1 saturated heterocycles. The van der Waals surface area contributed by atoms with E-state index in [0.717, 1.165) is 12.8 Å². The van der Waals surface area contributed by atoms with Crippen LogP contribution in [0.2, 0.25) is 0 Å². The summed E-state index contributed by atoms with van der Waals surface area (Å²) in [6.07, 6.45) is -0.866. The molecule has 0 bridgehead atoms. The summed E-state index contributed by atoms with van der Waals surface area (Å²) in [5.74, 6) is -0.996. The number of rotatable bonds is 9. The van der Waals surface area contributed by atoms with Crippen molar-refractivity contribution in [2.24, 2.45) is 0 Å². The number of aliphatic carboxylic acids is 1. The fourth-order valence-electron chi connectivity index (χ4n) is 2.48. The Morgan fingerprint density at radius 2 is 1.91 bits per heavy atom. The van der Waals surface area contributed by atoms with Gasteiger partial charge in [-0.05, 0) is 26.7 Å². The monoisotopic (exact) mass is 320 g/mol. The van der Waals surface area contributed by atoms with Crippen molar-refractivity contribution in [1.82, 2.24) is 0 Å². The SMILES string of the molecule is CC1O[C@@H](O[C@H](C)CCCC[C@@H](O)CC(=O)O)C(O)C[C@H]1O. The Morgan fingerprint density at radius 3 is 2.55 bits per heavy atom. The third kappa shape index (κ3) is 7.02. The zero-order valence-electron chi connectivity index (χ0n) is 13.2. The molecule has 1 aliphatic heterocycles. The molecule has 0 saturated carbocycles. The van der Waals surface area contributed by atoms with Gasteiger partial charge in [-0.2, -0.15) is 0 Å². The van der Waals surface area contributed by atoms with Gasteiger partial charge in [0.2, 0.25) is 0 Å². The number of ether oxygens (including phenoxy) is 2. The zero-order valence-corrected chi connectivity index (χ0v) is 13.2. The van der Waals surface area contributed by atoms with Crippen molar-refractivity contribution in [2.75, 3.05) is 0 Å². The number of hydrogen-bond acceptors (Lipinski definition) is 6. The molecule has 1 aliphatic rings. The number of aliphatic hydroxyl groups is 3. The van der Waals surface area contributed by atoms with Gasteiger partial charge in [0, 0.05) is 6.42 Å². The quantitative estimate of drug-likeness (QED) is 0.461. The number of aliphatic hydroxyl groups excluding tert-OH is 3. The maximum absolute atomic E-state index is 10.4. The van der Waals surface area contributed by atoms with Gasteiger partial charge < -0.3 is 29.9 Å². The van der Waals surface area contributed by atoms with E-state index in [1.54, 1.807) is 6.92 Å². The molecule has 1 heterocycles. The molecule has 7 nitrogen and oxygen atoms in total. The van der Waals surface area contributed by atoms with Gasteiger partial charge in [-0.25, -0.2) is 0 Å². The summed E-state index contributed by atoms with van der Waals surface area (Å²) >= 11 is 0. The number of carboxylic acids is 1. The lowest BCUT2D eigenvalue weighted by Crippen LogP contribution is -2.48. The third-order valence-electron chi connectivity index (χ3n) is 3.86. The molecule has 22 heavy (non-hydrogen) atoms. The van der Waals surface area contributed by atoms with Gasteiger partial charge in [0.15, 0.2) is 6.29 Å². The topological polar surface area (TPSA) is 116 Å². The lowest BCUT2D eigenvalue weighted by atomic mass is 10.0. The van der Waals surface area contributed by atoms with Crippen molar-refractivity contribution in [3.63, 3.8) is 0 Å². The Bertz CT molecular complexity index is 336. The highest BCUT2D eigenvalue weighted by atomic mass is 16.7. The van der Waals surface area contributed by atoms with Crippen LogP contribution in [-0.4, -0.2) is 63.2 Å². The second kappa shape index (κ2) is 9.42. The van der Waals surface area contributed by atoms with Crippen LogP contribution in [0, 0.1) is 0 Å². The first-order valence-electron chi connectivity index (χ1n) is 7.86. The van der Waals surface area contributed by atoms with Crippen molar-refractivity contribution in [3.05, 3.63) is 0 Å². The summed E-state index contributed by atoms with van der Waals surface area (Å²) < 4.78 is 11.1. The van der Waals surface area contributed by atoms with E-state index in [0.29, 0.717) is 12.8 Å². The van der Waals surface area contributed by atoms with Crippen molar-refractivity contribution in [3.8, 4) is 0 Å². The van der Waals surface area contributed by atoms with E-state index >= 15 is 0 Å². The normalized spacial score (nSPS) is 31.7. The Morgan fingerprint density at radius 1 is 1.27 bits per heavy atom. The summed E-state index contributed by atoms with van der Waals surface area (Å²) in [6, 6.07) is 0. The summed E-state index contributed by atoms with van der Waals surface area (Å²) in [5.41, 5.74) is 0. The maximum atomic E-state index is 10.4. The molecule has 0 aromatic rings. The molecule has 7 heteroatoms. The van der Waals surface area contributed by atoms with Crippen LogP contribution in [-0.2, 0) is 14.3 Å². The molecule has 0 radical (unpaired) electrons. The van der Waals surface area contributed by atoms with E-state index < -0.39 is 30.6 Å². The number of carboxylic acid groups (broad SMARTS) is 1. The lowest BCUT2D eigenvalue weighted by Gasteiger charge is -2.36.